The van der Waals surface area contributed by atoms with E-state index in [0.717, 1.165) is 22.7 Å². The van der Waals surface area contributed by atoms with E-state index in [1.807, 2.05) is 0 Å². The summed E-state index contributed by atoms with van der Waals surface area (Å²) >= 11 is 8.03. The number of thiophene rings is 1. The van der Waals surface area contributed by atoms with Crippen LogP contribution in [0.1, 0.15) is 20.2 Å². The molecule has 28 heavy (non-hydrogen) atoms. The molecule has 0 aliphatic heterocycles. The Morgan fingerprint density at radius 3 is 2.61 bits per heavy atom. The fourth-order valence-corrected chi connectivity index (χ4v) is 4.62. The van der Waals surface area contributed by atoms with Gasteiger partial charge in [0.1, 0.15) is 16.4 Å². The summed E-state index contributed by atoms with van der Waals surface area (Å²) in [6.07, 6.45) is 0. The van der Waals surface area contributed by atoms with Gasteiger partial charge in [-0.2, -0.15) is 0 Å². The third kappa shape index (κ3) is 3.49. The minimum atomic E-state index is -1.16. The van der Waals surface area contributed by atoms with Gasteiger partial charge < -0.3 is 10.4 Å². The molecule has 0 aliphatic carbocycles. The number of amides is 1. The van der Waals surface area contributed by atoms with Crippen molar-refractivity contribution in [2.45, 2.75) is 0 Å². The summed E-state index contributed by atoms with van der Waals surface area (Å²) in [5.41, 5.74) is 1.65. The van der Waals surface area contributed by atoms with Crippen molar-refractivity contribution in [3.63, 3.8) is 0 Å². The zero-order valence-corrected chi connectivity index (χ0v) is 16.3. The molecule has 2 aromatic heterocycles. The summed E-state index contributed by atoms with van der Waals surface area (Å²) in [4.78, 5) is 28.6. The Kier molecular flexibility index (Phi) is 4.84. The van der Waals surface area contributed by atoms with Gasteiger partial charge in [0.25, 0.3) is 5.91 Å². The first kappa shape index (κ1) is 18.5. The summed E-state index contributed by atoms with van der Waals surface area (Å²) in [5.74, 6) is -2.12. The zero-order chi connectivity index (χ0) is 19.8. The van der Waals surface area contributed by atoms with Crippen molar-refractivity contribution in [2.24, 2.45) is 0 Å². The quantitative estimate of drug-likeness (QED) is 0.429. The monoisotopic (exact) mass is 432 g/mol. The Hall–Kier alpha value is -2.81. The van der Waals surface area contributed by atoms with Gasteiger partial charge in [0, 0.05) is 16.0 Å². The highest BCUT2D eigenvalue weighted by Gasteiger charge is 2.22. The highest BCUT2D eigenvalue weighted by molar-refractivity contribution is 7.20. The molecule has 0 unspecified atom stereocenters. The van der Waals surface area contributed by atoms with Gasteiger partial charge in [-0.1, -0.05) is 23.7 Å². The largest absolute Gasteiger partial charge is 0.478 e. The van der Waals surface area contributed by atoms with E-state index in [1.165, 1.54) is 18.2 Å². The van der Waals surface area contributed by atoms with E-state index >= 15 is 0 Å². The van der Waals surface area contributed by atoms with Crippen molar-refractivity contribution < 1.29 is 19.1 Å². The lowest BCUT2D eigenvalue weighted by Gasteiger charge is -2.05. The van der Waals surface area contributed by atoms with Crippen LogP contribution in [0.15, 0.2) is 47.8 Å². The van der Waals surface area contributed by atoms with Gasteiger partial charge in [-0.15, -0.1) is 22.7 Å². The van der Waals surface area contributed by atoms with E-state index in [4.69, 9.17) is 11.6 Å². The molecule has 4 rings (SSSR count). The summed E-state index contributed by atoms with van der Waals surface area (Å²) in [5, 5.41) is 14.8. The minimum Gasteiger partial charge on any atom is -0.478 e. The van der Waals surface area contributed by atoms with E-state index < -0.39 is 17.7 Å². The second-order valence-corrected chi connectivity index (χ2v) is 8.10. The predicted molar refractivity (Wildman–Crippen MR) is 109 cm³/mol. The normalized spacial score (nSPS) is 10.9. The van der Waals surface area contributed by atoms with Crippen molar-refractivity contribution in [2.75, 3.05) is 5.32 Å². The number of halogens is 2. The molecule has 0 aliphatic rings. The molecule has 2 N–H and O–H groups in total. The van der Waals surface area contributed by atoms with Crippen LogP contribution in [0.5, 0.6) is 0 Å². The molecule has 0 spiro atoms. The highest BCUT2D eigenvalue weighted by Crippen LogP contribution is 2.36. The van der Waals surface area contributed by atoms with Gasteiger partial charge >= 0.3 is 5.97 Å². The summed E-state index contributed by atoms with van der Waals surface area (Å²) < 4.78 is 13.9. The number of aromatic carboxylic acids is 1. The first-order chi connectivity index (χ1) is 13.4. The van der Waals surface area contributed by atoms with E-state index in [0.29, 0.717) is 26.4 Å². The molecule has 0 saturated carbocycles. The Balaban J connectivity index is 1.67. The van der Waals surface area contributed by atoms with Gasteiger partial charge in [0.15, 0.2) is 5.01 Å². The molecule has 0 fully saturated rings. The number of nitrogens with zero attached hydrogens (tertiary/aromatic N) is 1. The third-order valence-electron chi connectivity index (χ3n) is 3.93. The molecule has 2 aromatic carbocycles. The van der Waals surface area contributed by atoms with Gasteiger partial charge in [-0.25, -0.2) is 14.2 Å². The number of thiazole rings is 1. The van der Waals surface area contributed by atoms with E-state index in [-0.39, 0.29) is 15.6 Å². The molecule has 1 amide bonds. The molecular formula is C19H10ClFN2O3S2. The number of fused-ring (bicyclic) bond motifs is 1. The summed E-state index contributed by atoms with van der Waals surface area (Å²) in [7, 11) is 0. The first-order valence-corrected chi connectivity index (χ1v) is 9.98. The number of anilines is 1. The number of benzene rings is 2. The Labute approximate surface area is 171 Å². The molecular weight excluding hydrogens is 423 g/mol. The summed E-state index contributed by atoms with van der Waals surface area (Å²) in [6.45, 7) is 0. The number of rotatable bonds is 4. The van der Waals surface area contributed by atoms with Crippen molar-refractivity contribution in [3.05, 3.63) is 69.3 Å². The lowest BCUT2D eigenvalue weighted by Crippen LogP contribution is -2.13. The number of nitrogens with one attached hydrogen (secondary N) is 1. The average Bonchev–Trinajstić information content (AvgIpc) is 3.26. The number of carbonyl (C=O) groups is 2. The van der Waals surface area contributed by atoms with Crippen molar-refractivity contribution in [1.29, 1.82) is 0 Å². The number of carboxylic acid groups (broad SMARTS) is 1. The highest BCUT2D eigenvalue weighted by atomic mass is 35.5. The Bertz CT molecular complexity index is 1220. The van der Waals surface area contributed by atoms with Crippen molar-refractivity contribution >= 4 is 61.4 Å². The number of hydrogen-bond acceptors (Lipinski definition) is 5. The number of carbonyl (C=O) groups excluding carboxylic acids is 1. The van der Waals surface area contributed by atoms with E-state index in [1.54, 1.807) is 29.6 Å². The average molecular weight is 433 g/mol. The molecule has 9 heteroatoms. The SMILES string of the molecule is O=C(Nc1scc(-c2ccc(Cl)cc2)c1C(=O)O)c1nc2ccc(F)cc2s1. The molecule has 5 nitrogen and oxygen atoms in total. The van der Waals surface area contributed by atoms with Crippen molar-refractivity contribution in [1.82, 2.24) is 4.98 Å². The number of hydrogen-bond donors (Lipinski definition) is 2. The fraction of sp³-hybridized carbons (Fsp3) is 0. The van der Waals surface area contributed by atoms with E-state index in [2.05, 4.69) is 10.3 Å². The van der Waals surface area contributed by atoms with Crippen molar-refractivity contribution in [3.8, 4) is 11.1 Å². The standard InChI is InChI=1S/C19H10ClFN2O3S2/c20-10-3-1-9(2-4-10)12-8-27-17(15(12)19(25)26)23-16(24)18-22-13-6-5-11(21)7-14(13)28-18/h1-8H,(H,23,24)(H,25,26). The Morgan fingerprint density at radius 2 is 1.89 bits per heavy atom. The number of carboxylic acids is 1. The zero-order valence-electron chi connectivity index (χ0n) is 13.9. The van der Waals surface area contributed by atoms with Crippen LogP contribution >= 0.6 is 34.3 Å². The number of aromatic nitrogens is 1. The lowest BCUT2D eigenvalue weighted by molar-refractivity contribution is 0.0699. The van der Waals surface area contributed by atoms with Crippen LogP contribution in [0.25, 0.3) is 21.3 Å². The van der Waals surface area contributed by atoms with Gasteiger partial charge in [0.2, 0.25) is 0 Å². The van der Waals surface area contributed by atoms with Crippen LogP contribution in [-0.4, -0.2) is 22.0 Å². The fourth-order valence-electron chi connectivity index (χ4n) is 2.66. The van der Waals surface area contributed by atoms with Crippen LogP contribution in [0.3, 0.4) is 0 Å². The first-order valence-electron chi connectivity index (χ1n) is 7.90. The molecule has 0 atom stereocenters. The maximum atomic E-state index is 13.3. The Morgan fingerprint density at radius 1 is 1.14 bits per heavy atom. The topological polar surface area (TPSA) is 79.3 Å². The molecule has 0 radical (unpaired) electrons. The van der Waals surface area contributed by atoms with Crippen LogP contribution in [-0.2, 0) is 0 Å². The lowest BCUT2D eigenvalue weighted by atomic mass is 10.0. The second-order valence-electron chi connectivity index (χ2n) is 5.75. The van der Waals surface area contributed by atoms with Gasteiger partial charge in [-0.3, -0.25) is 4.79 Å². The molecule has 2 heterocycles. The van der Waals surface area contributed by atoms with E-state index in [9.17, 15) is 19.1 Å². The molecule has 0 saturated heterocycles. The molecule has 4 aromatic rings. The van der Waals surface area contributed by atoms with Crippen LogP contribution < -0.4 is 5.32 Å². The van der Waals surface area contributed by atoms with Gasteiger partial charge in [-0.05, 0) is 35.9 Å². The summed E-state index contributed by atoms with van der Waals surface area (Å²) in [6, 6.07) is 10.8. The van der Waals surface area contributed by atoms with Crippen LogP contribution in [0.4, 0.5) is 9.39 Å². The second kappa shape index (κ2) is 7.31. The smallest absolute Gasteiger partial charge is 0.339 e. The maximum absolute atomic E-state index is 13.3. The van der Waals surface area contributed by atoms with Crippen LogP contribution in [0, 0.1) is 5.82 Å². The van der Waals surface area contributed by atoms with Gasteiger partial charge in [0.05, 0.1) is 10.2 Å². The third-order valence-corrected chi connectivity index (χ3v) is 6.10. The molecule has 140 valence electrons. The predicted octanol–water partition coefficient (Wildman–Crippen LogP) is 5.77. The molecule has 0 bridgehead atoms. The van der Waals surface area contributed by atoms with Crippen LogP contribution in [0.2, 0.25) is 5.02 Å². The maximum Gasteiger partial charge on any atom is 0.339 e. The minimum absolute atomic E-state index is 0.00664.